The Morgan fingerprint density at radius 1 is 0.914 bits per heavy atom. The van der Waals surface area contributed by atoms with E-state index in [9.17, 15) is 5.11 Å². The largest absolute Gasteiger partial charge is 0.508 e. The Hall–Kier alpha value is -3.64. The lowest BCUT2D eigenvalue weighted by Gasteiger charge is -2.28. The van der Waals surface area contributed by atoms with Crippen LogP contribution in [0.1, 0.15) is 51.4 Å². The zero-order valence-corrected chi connectivity index (χ0v) is 21.5. The number of anilines is 1. The van der Waals surface area contributed by atoms with Crippen LogP contribution < -0.4 is 10.2 Å². The number of pyridine rings is 1. The summed E-state index contributed by atoms with van der Waals surface area (Å²) in [5.74, 6) is 0.230. The lowest BCUT2D eigenvalue weighted by Crippen LogP contribution is -2.29. The molecule has 5 nitrogen and oxygen atoms in total. The third-order valence-corrected chi connectivity index (χ3v) is 7.19. The maximum absolute atomic E-state index is 9.88. The van der Waals surface area contributed by atoms with E-state index in [2.05, 4.69) is 72.6 Å². The number of rotatable bonds is 4. The van der Waals surface area contributed by atoms with E-state index in [1.54, 1.807) is 12.1 Å². The highest BCUT2D eigenvalue weighted by Gasteiger charge is 2.42. The first-order chi connectivity index (χ1) is 16.8. The fourth-order valence-electron chi connectivity index (χ4n) is 5.52. The summed E-state index contributed by atoms with van der Waals surface area (Å²) >= 11 is 5.86. The smallest absolute Gasteiger partial charge is 0.174 e. The molecule has 0 unspecified atom stereocenters. The molecule has 0 saturated carbocycles. The number of hydrogen-bond donors (Lipinski definition) is 2. The van der Waals surface area contributed by atoms with Crippen LogP contribution in [0.3, 0.4) is 0 Å². The second kappa shape index (κ2) is 8.86. The first kappa shape index (κ1) is 23.1. The lowest BCUT2D eigenvalue weighted by molar-refractivity contribution is 0.475. The molecule has 2 atom stereocenters. The van der Waals surface area contributed by atoms with Crippen LogP contribution >= 0.6 is 12.2 Å². The van der Waals surface area contributed by atoms with Crippen molar-refractivity contribution in [3.8, 4) is 11.4 Å². The van der Waals surface area contributed by atoms with E-state index < -0.39 is 0 Å². The third kappa shape index (κ3) is 3.98. The minimum Gasteiger partial charge on any atom is -0.508 e. The fourth-order valence-corrected chi connectivity index (χ4v) is 5.86. The van der Waals surface area contributed by atoms with Gasteiger partial charge in [0, 0.05) is 23.3 Å². The highest BCUT2D eigenvalue weighted by atomic mass is 32.1. The van der Waals surface area contributed by atoms with Gasteiger partial charge in [0.05, 0.1) is 23.5 Å². The SMILES string of the molecule is Cc1cc(C)c(-n2c(C)cc([C@@H]3[C@@H](c4ccccn4)NC(=S)N3c3ccc(O)cc3)c2C)c(C)c1. The highest BCUT2D eigenvalue weighted by molar-refractivity contribution is 7.80. The molecule has 4 aromatic rings. The lowest BCUT2D eigenvalue weighted by atomic mass is 9.96. The van der Waals surface area contributed by atoms with E-state index in [4.69, 9.17) is 12.2 Å². The van der Waals surface area contributed by atoms with Gasteiger partial charge < -0.3 is 19.9 Å². The van der Waals surface area contributed by atoms with E-state index >= 15 is 0 Å². The molecule has 6 heteroatoms. The molecule has 2 aromatic carbocycles. The summed E-state index contributed by atoms with van der Waals surface area (Å²) in [6.45, 7) is 10.9. The van der Waals surface area contributed by atoms with Crippen molar-refractivity contribution in [2.45, 2.75) is 46.7 Å². The highest BCUT2D eigenvalue weighted by Crippen LogP contribution is 2.44. The van der Waals surface area contributed by atoms with Gasteiger partial charge >= 0.3 is 0 Å². The monoisotopic (exact) mass is 482 g/mol. The number of phenolic OH excluding ortho intramolecular Hbond substituents is 1. The minimum atomic E-state index is -0.119. The minimum absolute atomic E-state index is 0.104. The Labute approximate surface area is 212 Å². The Morgan fingerprint density at radius 2 is 1.60 bits per heavy atom. The van der Waals surface area contributed by atoms with Crippen LogP contribution in [0.4, 0.5) is 5.69 Å². The summed E-state index contributed by atoms with van der Waals surface area (Å²) in [6, 6.07) is 19.7. The van der Waals surface area contributed by atoms with Crippen molar-refractivity contribution < 1.29 is 5.11 Å². The van der Waals surface area contributed by atoms with Gasteiger partial charge in [0.15, 0.2) is 5.11 Å². The standard InChI is InChI=1S/C29H30N4OS/c1-17-14-18(2)27(19(3)15-17)32-20(4)16-24(21(32)5)28-26(25-8-6-7-13-30-25)31-29(35)33(28)22-9-11-23(34)12-10-22/h6-16,26,28,34H,1-5H3,(H,31,35)/t26-,28-/m1/s1. The van der Waals surface area contributed by atoms with E-state index in [1.165, 1.54) is 39.3 Å². The van der Waals surface area contributed by atoms with E-state index in [1.807, 2.05) is 36.5 Å². The van der Waals surface area contributed by atoms with Crippen molar-refractivity contribution in [1.82, 2.24) is 14.9 Å². The molecule has 2 aromatic heterocycles. The zero-order valence-electron chi connectivity index (χ0n) is 20.7. The molecule has 1 saturated heterocycles. The molecule has 5 rings (SSSR count). The summed E-state index contributed by atoms with van der Waals surface area (Å²) in [7, 11) is 0. The first-order valence-corrected chi connectivity index (χ1v) is 12.2. The quantitative estimate of drug-likeness (QED) is 0.335. The van der Waals surface area contributed by atoms with Gasteiger partial charge in [0.25, 0.3) is 0 Å². The molecule has 1 aliphatic rings. The van der Waals surface area contributed by atoms with Gasteiger partial charge in [-0.3, -0.25) is 4.98 Å². The number of nitrogens with one attached hydrogen (secondary N) is 1. The maximum atomic E-state index is 9.88. The predicted molar refractivity (Wildman–Crippen MR) is 145 cm³/mol. The Balaban J connectivity index is 1.71. The Kier molecular flexibility index (Phi) is 5.85. The number of aromatic nitrogens is 2. The van der Waals surface area contributed by atoms with Crippen LogP contribution in [-0.2, 0) is 0 Å². The molecule has 0 amide bonds. The van der Waals surface area contributed by atoms with Crippen LogP contribution in [0.5, 0.6) is 5.75 Å². The average Bonchev–Trinajstić information content (AvgIpc) is 3.30. The zero-order chi connectivity index (χ0) is 24.9. The molecule has 2 N–H and O–H groups in total. The van der Waals surface area contributed by atoms with Crippen LogP contribution in [0.2, 0.25) is 0 Å². The van der Waals surface area contributed by atoms with Crippen LogP contribution in [-0.4, -0.2) is 19.8 Å². The molecular weight excluding hydrogens is 452 g/mol. The molecule has 178 valence electrons. The van der Waals surface area contributed by atoms with Crippen LogP contribution in [0.15, 0.2) is 66.9 Å². The van der Waals surface area contributed by atoms with Crippen molar-refractivity contribution in [2.24, 2.45) is 0 Å². The molecular formula is C29H30N4OS. The molecule has 0 radical (unpaired) electrons. The summed E-state index contributed by atoms with van der Waals surface area (Å²) in [5.41, 5.74) is 10.4. The third-order valence-electron chi connectivity index (χ3n) is 6.87. The number of aryl methyl sites for hydroxylation is 4. The van der Waals surface area contributed by atoms with Crippen molar-refractivity contribution in [1.29, 1.82) is 0 Å². The molecule has 3 heterocycles. The number of thiocarbonyl (C=S) groups is 1. The topological polar surface area (TPSA) is 53.3 Å². The predicted octanol–water partition coefficient (Wildman–Crippen LogP) is 6.30. The summed E-state index contributed by atoms with van der Waals surface area (Å²) in [6.07, 6.45) is 1.82. The van der Waals surface area contributed by atoms with Crippen molar-refractivity contribution >= 4 is 23.0 Å². The van der Waals surface area contributed by atoms with Gasteiger partial charge in [0.1, 0.15) is 5.75 Å². The van der Waals surface area contributed by atoms with E-state index in [0.717, 1.165) is 11.4 Å². The molecule has 0 bridgehead atoms. The molecule has 0 aliphatic carbocycles. The van der Waals surface area contributed by atoms with Gasteiger partial charge in [0.2, 0.25) is 0 Å². The number of benzene rings is 2. The number of aromatic hydroxyl groups is 1. The molecule has 1 aliphatic heterocycles. The number of phenols is 1. The number of nitrogens with zero attached hydrogens (tertiary/aromatic N) is 3. The molecule has 35 heavy (non-hydrogen) atoms. The van der Waals surface area contributed by atoms with E-state index in [0.29, 0.717) is 5.11 Å². The van der Waals surface area contributed by atoms with Crippen LogP contribution in [0.25, 0.3) is 5.69 Å². The Bertz CT molecular complexity index is 1390. The fraction of sp³-hybridized carbons (Fsp3) is 0.241. The van der Waals surface area contributed by atoms with Gasteiger partial charge in [-0.25, -0.2) is 0 Å². The summed E-state index contributed by atoms with van der Waals surface area (Å²) < 4.78 is 2.37. The summed E-state index contributed by atoms with van der Waals surface area (Å²) in [4.78, 5) is 6.82. The second-order valence-corrected chi connectivity index (χ2v) is 9.81. The average molecular weight is 483 g/mol. The van der Waals surface area contributed by atoms with Crippen LogP contribution in [0, 0.1) is 34.6 Å². The van der Waals surface area contributed by atoms with Crippen molar-refractivity contribution in [2.75, 3.05) is 4.90 Å². The van der Waals surface area contributed by atoms with Gasteiger partial charge in [-0.05, 0) is 106 Å². The first-order valence-electron chi connectivity index (χ1n) is 11.8. The molecule has 0 spiro atoms. The normalized spacial score (nSPS) is 17.6. The second-order valence-electron chi connectivity index (χ2n) is 9.42. The van der Waals surface area contributed by atoms with E-state index in [-0.39, 0.29) is 17.8 Å². The Morgan fingerprint density at radius 3 is 2.23 bits per heavy atom. The maximum Gasteiger partial charge on any atom is 0.174 e. The van der Waals surface area contributed by atoms with Gasteiger partial charge in [-0.2, -0.15) is 0 Å². The number of hydrogen-bond acceptors (Lipinski definition) is 3. The summed E-state index contributed by atoms with van der Waals surface area (Å²) in [5, 5.41) is 14.1. The molecule has 1 fully saturated rings. The van der Waals surface area contributed by atoms with Gasteiger partial charge in [-0.15, -0.1) is 0 Å². The van der Waals surface area contributed by atoms with Crippen molar-refractivity contribution in [3.63, 3.8) is 0 Å². The van der Waals surface area contributed by atoms with Crippen molar-refractivity contribution in [3.05, 3.63) is 106 Å². The van der Waals surface area contributed by atoms with Gasteiger partial charge in [-0.1, -0.05) is 23.8 Å².